The van der Waals surface area contributed by atoms with E-state index < -0.39 is 28.4 Å². The number of carbonyl (C=O) groups excluding carboxylic acids is 2. The lowest BCUT2D eigenvalue weighted by molar-refractivity contribution is -0.120. The molecule has 1 rings (SSSR count). The fraction of sp³-hybridized carbons (Fsp3) is 0.385. The predicted molar refractivity (Wildman–Crippen MR) is 76.2 cm³/mol. The van der Waals surface area contributed by atoms with Gasteiger partial charge in [-0.3, -0.25) is 4.79 Å². The van der Waals surface area contributed by atoms with Crippen LogP contribution >= 0.6 is 0 Å². The van der Waals surface area contributed by atoms with E-state index in [1.165, 1.54) is 24.3 Å². The van der Waals surface area contributed by atoms with Gasteiger partial charge >= 0.3 is 5.97 Å². The zero-order valence-electron chi connectivity index (χ0n) is 12.0. The van der Waals surface area contributed by atoms with Gasteiger partial charge in [0.2, 0.25) is 15.9 Å². The largest absolute Gasteiger partial charge is 0.465 e. The molecule has 0 saturated heterocycles. The normalized spacial score (nSPS) is 11.2. The summed E-state index contributed by atoms with van der Waals surface area (Å²) in [6.07, 6.45) is 0. The molecule has 1 aromatic rings. The molecule has 1 aromatic carbocycles. The van der Waals surface area contributed by atoms with Crippen LogP contribution < -0.4 is 10.0 Å². The topological polar surface area (TPSA) is 102 Å². The summed E-state index contributed by atoms with van der Waals surface area (Å²) in [4.78, 5) is 22.8. The average molecular weight is 314 g/mol. The molecule has 116 valence electrons. The van der Waals surface area contributed by atoms with E-state index in [-0.39, 0.29) is 16.5 Å². The van der Waals surface area contributed by atoms with Crippen LogP contribution in [0.2, 0.25) is 0 Å². The maximum Gasteiger partial charge on any atom is 0.339 e. The summed E-state index contributed by atoms with van der Waals surface area (Å²) in [6, 6.07) is 5.53. The Morgan fingerprint density at radius 3 is 2.43 bits per heavy atom. The Bertz CT molecular complexity index is 625. The van der Waals surface area contributed by atoms with Gasteiger partial charge in [0, 0.05) is 6.04 Å². The van der Waals surface area contributed by atoms with E-state index in [9.17, 15) is 18.0 Å². The van der Waals surface area contributed by atoms with E-state index in [0.717, 1.165) is 7.11 Å². The molecule has 21 heavy (non-hydrogen) atoms. The number of nitrogens with one attached hydrogen (secondary N) is 2. The Kier molecular flexibility index (Phi) is 5.86. The van der Waals surface area contributed by atoms with Crippen LogP contribution in [0.1, 0.15) is 24.2 Å². The number of rotatable bonds is 6. The van der Waals surface area contributed by atoms with Crippen LogP contribution in [-0.2, 0) is 19.6 Å². The number of ether oxygens (including phenoxy) is 1. The van der Waals surface area contributed by atoms with Gasteiger partial charge < -0.3 is 10.1 Å². The molecule has 0 spiro atoms. The van der Waals surface area contributed by atoms with Gasteiger partial charge in [0.05, 0.1) is 24.1 Å². The number of benzene rings is 1. The van der Waals surface area contributed by atoms with Crippen LogP contribution in [0.3, 0.4) is 0 Å². The molecule has 0 heterocycles. The van der Waals surface area contributed by atoms with Gasteiger partial charge in [0.25, 0.3) is 0 Å². The molecule has 0 bridgehead atoms. The van der Waals surface area contributed by atoms with Gasteiger partial charge in [-0.1, -0.05) is 12.1 Å². The number of hydrogen-bond donors (Lipinski definition) is 2. The SMILES string of the molecule is COC(=O)c1ccccc1S(=O)(=O)NCC(=O)NC(C)C. The fourth-order valence-corrected chi connectivity index (χ4v) is 2.77. The first-order valence-corrected chi connectivity index (χ1v) is 7.72. The second-order valence-corrected chi connectivity index (χ2v) is 6.27. The molecule has 8 heteroatoms. The number of methoxy groups -OCH3 is 1. The Morgan fingerprint density at radius 2 is 1.86 bits per heavy atom. The van der Waals surface area contributed by atoms with Crippen molar-refractivity contribution in [1.29, 1.82) is 0 Å². The van der Waals surface area contributed by atoms with Crippen molar-refractivity contribution in [3.8, 4) is 0 Å². The molecular formula is C13H18N2O5S. The van der Waals surface area contributed by atoms with E-state index in [2.05, 4.69) is 14.8 Å². The third-order valence-electron chi connectivity index (χ3n) is 2.45. The van der Waals surface area contributed by atoms with E-state index in [1.807, 2.05) is 0 Å². The third kappa shape index (κ3) is 4.83. The first kappa shape index (κ1) is 17.1. The summed E-state index contributed by atoms with van der Waals surface area (Å²) in [5, 5.41) is 2.56. The van der Waals surface area contributed by atoms with Crippen molar-refractivity contribution in [2.24, 2.45) is 0 Å². The van der Waals surface area contributed by atoms with E-state index in [4.69, 9.17) is 0 Å². The number of amides is 1. The van der Waals surface area contributed by atoms with Gasteiger partial charge in [0.15, 0.2) is 0 Å². The molecular weight excluding hydrogens is 296 g/mol. The average Bonchev–Trinajstić information content (AvgIpc) is 2.44. The minimum absolute atomic E-state index is 0.0863. The molecule has 0 fully saturated rings. The number of carbonyl (C=O) groups is 2. The van der Waals surface area contributed by atoms with Gasteiger partial charge in [-0.05, 0) is 26.0 Å². The minimum Gasteiger partial charge on any atom is -0.465 e. The summed E-state index contributed by atoms with van der Waals surface area (Å²) in [5.41, 5.74) is -0.0863. The highest BCUT2D eigenvalue weighted by Gasteiger charge is 2.23. The maximum absolute atomic E-state index is 12.2. The van der Waals surface area contributed by atoms with Crippen LogP contribution in [0.25, 0.3) is 0 Å². The van der Waals surface area contributed by atoms with Gasteiger partial charge in [0.1, 0.15) is 0 Å². The molecule has 0 aliphatic carbocycles. The van der Waals surface area contributed by atoms with Crippen LogP contribution in [0.4, 0.5) is 0 Å². The van der Waals surface area contributed by atoms with Crippen LogP contribution in [0, 0.1) is 0 Å². The molecule has 0 aliphatic rings. The third-order valence-corrected chi connectivity index (χ3v) is 3.91. The van der Waals surface area contributed by atoms with Crippen molar-refractivity contribution in [3.05, 3.63) is 29.8 Å². The van der Waals surface area contributed by atoms with E-state index in [0.29, 0.717) is 0 Å². The minimum atomic E-state index is -3.99. The molecule has 0 aromatic heterocycles. The number of esters is 1. The zero-order chi connectivity index (χ0) is 16.0. The van der Waals surface area contributed by atoms with Crippen LogP contribution in [0.5, 0.6) is 0 Å². The van der Waals surface area contributed by atoms with Gasteiger partial charge in [-0.2, -0.15) is 0 Å². The highest BCUT2D eigenvalue weighted by Crippen LogP contribution is 2.15. The Morgan fingerprint density at radius 1 is 1.24 bits per heavy atom. The lowest BCUT2D eigenvalue weighted by atomic mass is 10.2. The number of sulfonamides is 1. The lowest BCUT2D eigenvalue weighted by Gasteiger charge is -2.11. The van der Waals surface area contributed by atoms with E-state index in [1.54, 1.807) is 13.8 Å². The second kappa shape index (κ2) is 7.19. The summed E-state index contributed by atoms with van der Waals surface area (Å²) in [6.45, 7) is 3.12. The molecule has 0 saturated carbocycles. The Hall–Kier alpha value is -1.93. The summed E-state index contributed by atoms with van der Waals surface area (Å²) in [5.74, 6) is -1.22. The van der Waals surface area contributed by atoms with Crippen molar-refractivity contribution in [3.63, 3.8) is 0 Å². The van der Waals surface area contributed by atoms with Crippen LogP contribution in [-0.4, -0.2) is 40.0 Å². The molecule has 0 unspecified atom stereocenters. The zero-order valence-corrected chi connectivity index (χ0v) is 12.9. The summed E-state index contributed by atoms with van der Waals surface area (Å²) < 4.78 is 31.0. The molecule has 0 radical (unpaired) electrons. The van der Waals surface area contributed by atoms with Crippen molar-refractivity contribution in [1.82, 2.24) is 10.0 Å². The standard InChI is InChI=1S/C13H18N2O5S/c1-9(2)15-12(16)8-14-21(18,19)11-7-5-4-6-10(11)13(17)20-3/h4-7,9,14H,8H2,1-3H3,(H,15,16). The molecule has 2 N–H and O–H groups in total. The maximum atomic E-state index is 12.2. The smallest absolute Gasteiger partial charge is 0.339 e. The lowest BCUT2D eigenvalue weighted by Crippen LogP contribution is -2.40. The van der Waals surface area contributed by atoms with Crippen molar-refractivity contribution in [2.45, 2.75) is 24.8 Å². The highest BCUT2D eigenvalue weighted by atomic mass is 32.2. The molecule has 7 nitrogen and oxygen atoms in total. The molecule has 0 atom stereocenters. The second-order valence-electron chi connectivity index (χ2n) is 4.53. The first-order chi connectivity index (χ1) is 9.77. The monoisotopic (exact) mass is 314 g/mol. The van der Waals surface area contributed by atoms with Gasteiger partial charge in [-0.25, -0.2) is 17.9 Å². The van der Waals surface area contributed by atoms with E-state index >= 15 is 0 Å². The highest BCUT2D eigenvalue weighted by molar-refractivity contribution is 7.89. The molecule has 1 amide bonds. The Labute approximate surface area is 123 Å². The molecule has 0 aliphatic heterocycles. The van der Waals surface area contributed by atoms with Crippen molar-refractivity contribution >= 4 is 21.9 Å². The summed E-state index contributed by atoms with van der Waals surface area (Å²) in [7, 11) is -2.83. The quantitative estimate of drug-likeness (QED) is 0.734. The van der Waals surface area contributed by atoms with Crippen LogP contribution in [0.15, 0.2) is 29.2 Å². The Balaban J connectivity index is 2.94. The fourth-order valence-electron chi connectivity index (χ4n) is 1.59. The summed E-state index contributed by atoms with van der Waals surface area (Å²) >= 11 is 0. The number of hydrogen-bond acceptors (Lipinski definition) is 5. The first-order valence-electron chi connectivity index (χ1n) is 6.24. The van der Waals surface area contributed by atoms with Crippen molar-refractivity contribution in [2.75, 3.05) is 13.7 Å². The van der Waals surface area contributed by atoms with Gasteiger partial charge in [-0.15, -0.1) is 0 Å². The van der Waals surface area contributed by atoms with Crippen molar-refractivity contribution < 1.29 is 22.7 Å². The predicted octanol–water partition coefficient (Wildman–Crippen LogP) is 0.276.